The first-order valence-corrected chi connectivity index (χ1v) is 9.33. The van der Waals surface area contributed by atoms with Crippen LogP contribution in [-0.2, 0) is 0 Å². The summed E-state index contributed by atoms with van der Waals surface area (Å²) >= 11 is 0. The molecule has 0 radical (unpaired) electrons. The number of carbonyl (C=O) groups is 2. The van der Waals surface area contributed by atoms with Crippen LogP contribution in [-0.4, -0.2) is 39.1 Å². The Morgan fingerprint density at radius 1 is 1.00 bits per heavy atom. The minimum atomic E-state index is -0.605. The maximum atomic E-state index is 13.3. The number of methoxy groups -OCH3 is 3. The van der Waals surface area contributed by atoms with Crippen LogP contribution in [0, 0.1) is 5.41 Å². The zero-order valence-electron chi connectivity index (χ0n) is 17.7. The van der Waals surface area contributed by atoms with Gasteiger partial charge < -0.3 is 29.7 Å². The first-order valence-electron chi connectivity index (χ1n) is 9.33. The third-order valence-electron chi connectivity index (χ3n) is 4.46. The highest BCUT2D eigenvalue weighted by molar-refractivity contribution is 6.21. The molecule has 0 aliphatic heterocycles. The number of nitrogens with one attached hydrogen (secondary N) is 2. The van der Waals surface area contributed by atoms with E-state index in [2.05, 4.69) is 5.32 Å². The number of benzene rings is 2. The highest BCUT2D eigenvalue weighted by Gasteiger charge is 2.24. The first kappa shape index (κ1) is 22.2. The number of hydrogen-bond donors (Lipinski definition) is 3. The average molecular weight is 438 g/mol. The lowest BCUT2D eigenvalue weighted by molar-refractivity contribution is 0.0991. The molecule has 1 aromatic heterocycles. The van der Waals surface area contributed by atoms with Crippen LogP contribution in [0.5, 0.6) is 17.2 Å². The van der Waals surface area contributed by atoms with Gasteiger partial charge in [-0.05, 0) is 42.5 Å². The van der Waals surface area contributed by atoms with Crippen LogP contribution in [0.15, 0.2) is 59.2 Å². The fourth-order valence-electron chi connectivity index (χ4n) is 3.02. The van der Waals surface area contributed by atoms with E-state index < -0.39 is 17.8 Å². The lowest BCUT2D eigenvalue weighted by atomic mass is 10.1. The van der Waals surface area contributed by atoms with Gasteiger partial charge in [-0.3, -0.25) is 15.0 Å². The molecule has 0 spiro atoms. The summed E-state index contributed by atoms with van der Waals surface area (Å²) in [6, 6.07) is 12.4. The zero-order valence-corrected chi connectivity index (χ0v) is 17.7. The number of carbonyl (C=O) groups excluding carboxylic acids is 2. The molecule has 10 nitrogen and oxygen atoms in total. The van der Waals surface area contributed by atoms with Crippen molar-refractivity contribution < 1.29 is 28.2 Å². The molecule has 0 saturated heterocycles. The topological polar surface area (TPSA) is 140 Å². The first-order chi connectivity index (χ1) is 15.4. The van der Waals surface area contributed by atoms with Gasteiger partial charge in [-0.25, -0.2) is 4.90 Å². The van der Waals surface area contributed by atoms with Crippen molar-refractivity contribution in [1.29, 1.82) is 5.41 Å². The molecule has 2 aromatic carbocycles. The van der Waals surface area contributed by atoms with Gasteiger partial charge in [0.15, 0.2) is 23.2 Å². The number of guanidine groups is 1. The third kappa shape index (κ3) is 4.48. The third-order valence-corrected chi connectivity index (χ3v) is 4.46. The molecule has 4 N–H and O–H groups in total. The second kappa shape index (κ2) is 9.56. The Bertz CT molecular complexity index is 1120. The molecule has 166 valence electrons. The van der Waals surface area contributed by atoms with Gasteiger partial charge in [-0.2, -0.15) is 0 Å². The molecule has 3 rings (SSSR count). The summed E-state index contributed by atoms with van der Waals surface area (Å²) in [6.45, 7) is 0. The number of nitrogens with zero attached hydrogens (tertiary/aromatic N) is 1. The quantitative estimate of drug-likeness (QED) is 0.380. The molecule has 0 bridgehead atoms. The van der Waals surface area contributed by atoms with Crippen molar-refractivity contribution in [2.75, 3.05) is 31.5 Å². The molecule has 0 aliphatic carbocycles. The van der Waals surface area contributed by atoms with Gasteiger partial charge in [0.1, 0.15) is 0 Å². The predicted molar refractivity (Wildman–Crippen MR) is 118 cm³/mol. The SMILES string of the molecule is COc1cc(C(=O)N(C(=N)N)c2cccc(NC(=O)c3ccco3)c2)cc(OC)c1OC. The molecule has 2 amide bonds. The summed E-state index contributed by atoms with van der Waals surface area (Å²) in [6.07, 6.45) is 1.39. The highest BCUT2D eigenvalue weighted by Crippen LogP contribution is 2.38. The van der Waals surface area contributed by atoms with Crippen LogP contribution in [0.4, 0.5) is 11.4 Å². The van der Waals surface area contributed by atoms with Crippen molar-refractivity contribution in [2.45, 2.75) is 0 Å². The minimum absolute atomic E-state index is 0.132. The maximum absolute atomic E-state index is 13.3. The minimum Gasteiger partial charge on any atom is -0.493 e. The Labute approximate surface area is 184 Å². The summed E-state index contributed by atoms with van der Waals surface area (Å²) in [5, 5.41) is 10.6. The smallest absolute Gasteiger partial charge is 0.291 e. The number of hydrogen-bond acceptors (Lipinski definition) is 7. The Kier molecular flexibility index (Phi) is 6.64. The van der Waals surface area contributed by atoms with E-state index in [-0.39, 0.29) is 28.5 Å². The average Bonchev–Trinajstić information content (AvgIpc) is 3.33. The number of ether oxygens (including phenoxy) is 3. The molecule has 0 saturated carbocycles. The van der Waals surface area contributed by atoms with Crippen molar-refractivity contribution in [3.63, 3.8) is 0 Å². The largest absolute Gasteiger partial charge is 0.493 e. The van der Waals surface area contributed by atoms with Crippen LogP contribution >= 0.6 is 0 Å². The molecule has 0 unspecified atom stereocenters. The number of anilines is 2. The van der Waals surface area contributed by atoms with Crippen molar-refractivity contribution in [3.05, 3.63) is 66.1 Å². The molecule has 32 heavy (non-hydrogen) atoms. The lowest BCUT2D eigenvalue weighted by Crippen LogP contribution is -2.41. The van der Waals surface area contributed by atoms with E-state index in [0.717, 1.165) is 4.90 Å². The van der Waals surface area contributed by atoms with E-state index in [0.29, 0.717) is 11.4 Å². The predicted octanol–water partition coefficient (Wildman–Crippen LogP) is 3.10. The Hall–Kier alpha value is -4.47. The van der Waals surface area contributed by atoms with Crippen molar-refractivity contribution >= 4 is 29.1 Å². The molecule has 3 aromatic rings. The van der Waals surface area contributed by atoms with E-state index in [1.807, 2.05) is 0 Å². The summed E-state index contributed by atoms with van der Waals surface area (Å²) in [5.41, 5.74) is 6.54. The van der Waals surface area contributed by atoms with Gasteiger partial charge in [0.25, 0.3) is 11.8 Å². The van der Waals surface area contributed by atoms with Crippen LogP contribution in [0.25, 0.3) is 0 Å². The standard InChI is InChI=1S/C22H22N4O6/c1-29-17-10-13(11-18(30-2)19(17)31-3)21(28)26(22(23)24)15-7-4-6-14(12-15)25-20(27)16-8-5-9-32-16/h4-12H,1-3H3,(H3,23,24)(H,25,27). The fraction of sp³-hybridized carbons (Fsp3) is 0.136. The second-order valence-corrected chi connectivity index (χ2v) is 6.42. The number of amides is 2. The van der Waals surface area contributed by atoms with E-state index in [4.69, 9.17) is 29.8 Å². The Balaban J connectivity index is 1.96. The maximum Gasteiger partial charge on any atom is 0.291 e. The lowest BCUT2D eigenvalue weighted by Gasteiger charge is -2.22. The van der Waals surface area contributed by atoms with Crippen LogP contribution < -0.4 is 30.2 Å². The van der Waals surface area contributed by atoms with Crippen LogP contribution in [0.2, 0.25) is 0 Å². The normalized spacial score (nSPS) is 10.2. The number of rotatable bonds is 7. The van der Waals surface area contributed by atoms with Gasteiger partial charge in [0, 0.05) is 11.3 Å². The molecule has 10 heteroatoms. The molecule has 0 atom stereocenters. The molecule has 1 heterocycles. The van der Waals surface area contributed by atoms with Gasteiger partial charge in [-0.1, -0.05) is 6.07 Å². The zero-order chi connectivity index (χ0) is 23.3. The van der Waals surface area contributed by atoms with Gasteiger partial charge in [0.05, 0.1) is 33.3 Å². The van der Waals surface area contributed by atoms with Crippen LogP contribution in [0.1, 0.15) is 20.9 Å². The summed E-state index contributed by atoms with van der Waals surface area (Å²) in [5.74, 6) is -0.575. The highest BCUT2D eigenvalue weighted by atomic mass is 16.5. The van der Waals surface area contributed by atoms with Gasteiger partial charge in [0.2, 0.25) is 5.75 Å². The van der Waals surface area contributed by atoms with E-state index in [1.54, 1.807) is 24.3 Å². The molecule has 0 aliphatic rings. The molecular formula is C22H22N4O6. The summed E-state index contributed by atoms with van der Waals surface area (Å²) < 4.78 is 20.9. The van der Waals surface area contributed by atoms with Crippen molar-refractivity contribution in [2.24, 2.45) is 5.73 Å². The van der Waals surface area contributed by atoms with E-state index in [1.165, 1.54) is 51.9 Å². The fourth-order valence-corrected chi connectivity index (χ4v) is 3.02. The number of furan rings is 1. The monoisotopic (exact) mass is 438 g/mol. The summed E-state index contributed by atoms with van der Waals surface area (Å²) in [7, 11) is 4.31. The van der Waals surface area contributed by atoms with Gasteiger partial charge in [-0.15, -0.1) is 0 Å². The van der Waals surface area contributed by atoms with Crippen molar-refractivity contribution in [3.8, 4) is 17.2 Å². The van der Waals surface area contributed by atoms with Crippen LogP contribution in [0.3, 0.4) is 0 Å². The molecule has 0 fully saturated rings. The van der Waals surface area contributed by atoms with E-state index >= 15 is 0 Å². The Morgan fingerprint density at radius 2 is 1.69 bits per heavy atom. The van der Waals surface area contributed by atoms with Crippen molar-refractivity contribution in [1.82, 2.24) is 0 Å². The molecular weight excluding hydrogens is 416 g/mol. The van der Waals surface area contributed by atoms with Gasteiger partial charge >= 0.3 is 0 Å². The summed E-state index contributed by atoms with van der Waals surface area (Å²) in [4.78, 5) is 26.5. The second-order valence-electron chi connectivity index (χ2n) is 6.42. The Morgan fingerprint density at radius 3 is 2.22 bits per heavy atom. The number of nitrogens with two attached hydrogens (primary N) is 1. The van der Waals surface area contributed by atoms with E-state index in [9.17, 15) is 9.59 Å².